The second-order valence-electron chi connectivity index (χ2n) is 8.51. The fourth-order valence-corrected chi connectivity index (χ4v) is 3.56. The summed E-state index contributed by atoms with van der Waals surface area (Å²) in [6, 6.07) is 12.6. The highest BCUT2D eigenvalue weighted by molar-refractivity contribution is 6.01. The summed E-state index contributed by atoms with van der Waals surface area (Å²) in [6.45, 7) is 10.1. The van der Waals surface area contributed by atoms with Crippen LogP contribution in [0.3, 0.4) is 0 Å². The molecule has 1 atom stereocenters. The summed E-state index contributed by atoms with van der Waals surface area (Å²) < 4.78 is 0. The third-order valence-electron chi connectivity index (χ3n) is 5.19. The number of fused-ring (bicyclic) bond motifs is 1. The summed E-state index contributed by atoms with van der Waals surface area (Å²) >= 11 is 0. The Hall–Kier alpha value is -3.12. The van der Waals surface area contributed by atoms with Gasteiger partial charge in [0, 0.05) is 16.5 Å². The molecule has 0 aliphatic rings. The number of nitrogens with one attached hydrogen (secondary N) is 3. The molecule has 6 heteroatoms. The van der Waals surface area contributed by atoms with E-state index >= 15 is 0 Å². The van der Waals surface area contributed by atoms with Crippen molar-refractivity contribution in [2.24, 2.45) is 5.41 Å². The van der Waals surface area contributed by atoms with Crippen LogP contribution in [0.5, 0.6) is 0 Å². The second kappa shape index (κ2) is 7.72. The zero-order valence-corrected chi connectivity index (χ0v) is 17.4. The first kappa shape index (κ1) is 20.6. The molecule has 0 radical (unpaired) electrons. The maximum Gasteiger partial charge on any atom is 0.274 e. The zero-order valence-electron chi connectivity index (χ0n) is 17.4. The van der Waals surface area contributed by atoms with E-state index in [4.69, 9.17) is 5.21 Å². The fourth-order valence-electron chi connectivity index (χ4n) is 3.56. The van der Waals surface area contributed by atoms with Crippen molar-refractivity contribution in [3.63, 3.8) is 0 Å². The summed E-state index contributed by atoms with van der Waals surface area (Å²) in [5.41, 5.74) is 6.14. The molecule has 0 saturated heterocycles. The number of rotatable bonds is 4. The number of hydrogen-bond donors (Lipinski definition) is 4. The number of benzene rings is 2. The van der Waals surface area contributed by atoms with E-state index in [1.807, 2.05) is 46.8 Å². The molecule has 2 amide bonds. The number of H-pyrrole nitrogens is 1. The van der Waals surface area contributed by atoms with Gasteiger partial charge in [-0.15, -0.1) is 0 Å². The van der Waals surface area contributed by atoms with Gasteiger partial charge in [-0.05, 0) is 54.7 Å². The lowest BCUT2D eigenvalue weighted by molar-refractivity contribution is 0.0706. The maximum absolute atomic E-state index is 13.1. The Morgan fingerprint density at radius 3 is 2.24 bits per heavy atom. The summed E-state index contributed by atoms with van der Waals surface area (Å²) in [5, 5.41) is 13.0. The molecule has 3 rings (SSSR count). The molecule has 152 valence electrons. The van der Waals surface area contributed by atoms with Crippen LogP contribution in [0, 0.1) is 19.3 Å². The van der Waals surface area contributed by atoms with E-state index in [0.717, 1.165) is 27.6 Å². The number of aromatic amines is 1. The van der Waals surface area contributed by atoms with E-state index in [2.05, 4.69) is 16.4 Å². The van der Waals surface area contributed by atoms with Crippen LogP contribution in [0.2, 0.25) is 0 Å². The van der Waals surface area contributed by atoms with Gasteiger partial charge in [0.05, 0.1) is 6.04 Å². The van der Waals surface area contributed by atoms with Crippen molar-refractivity contribution in [1.29, 1.82) is 0 Å². The van der Waals surface area contributed by atoms with Gasteiger partial charge in [-0.25, -0.2) is 5.48 Å². The van der Waals surface area contributed by atoms with Crippen LogP contribution in [0.1, 0.15) is 64.3 Å². The molecule has 4 N–H and O–H groups in total. The molecule has 1 heterocycles. The predicted octanol–water partition coefficient (Wildman–Crippen LogP) is 4.42. The zero-order chi connectivity index (χ0) is 21.3. The Labute approximate surface area is 170 Å². The largest absolute Gasteiger partial charge is 0.350 e. The molecule has 0 aliphatic heterocycles. The van der Waals surface area contributed by atoms with Crippen LogP contribution in [-0.4, -0.2) is 22.0 Å². The van der Waals surface area contributed by atoms with Crippen molar-refractivity contribution >= 4 is 22.7 Å². The van der Waals surface area contributed by atoms with Gasteiger partial charge in [-0.1, -0.05) is 44.5 Å². The van der Waals surface area contributed by atoms with Crippen LogP contribution in [0.15, 0.2) is 42.5 Å². The van der Waals surface area contributed by atoms with Crippen LogP contribution >= 0.6 is 0 Å². The van der Waals surface area contributed by atoms with Gasteiger partial charge in [-0.2, -0.15) is 0 Å². The first-order valence-electron chi connectivity index (χ1n) is 9.56. The van der Waals surface area contributed by atoms with Gasteiger partial charge in [0.2, 0.25) is 0 Å². The first-order valence-corrected chi connectivity index (χ1v) is 9.56. The number of aryl methyl sites for hydroxylation is 2. The molecule has 1 aromatic heterocycles. The smallest absolute Gasteiger partial charge is 0.274 e. The lowest BCUT2D eigenvalue weighted by Gasteiger charge is -2.32. The van der Waals surface area contributed by atoms with Crippen molar-refractivity contribution in [2.75, 3.05) is 0 Å². The van der Waals surface area contributed by atoms with Gasteiger partial charge in [0.1, 0.15) is 5.69 Å². The Morgan fingerprint density at radius 2 is 1.66 bits per heavy atom. The summed E-state index contributed by atoms with van der Waals surface area (Å²) in [6.07, 6.45) is 0. The lowest BCUT2D eigenvalue weighted by atomic mass is 9.82. The average Bonchev–Trinajstić information content (AvgIpc) is 3.01. The Kier molecular flexibility index (Phi) is 5.48. The molecular weight excluding hydrogens is 366 g/mol. The summed E-state index contributed by atoms with van der Waals surface area (Å²) in [7, 11) is 0. The molecule has 29 heavy (non-hydrogen) atoms. The van der Waals surface area contributed by atoms with Gasteiger partial charge < -0.3 is 10.3 Å². The molecule has 3 aromatic rings. The molecule has 0 aliphatic carbocycles. The monoisotopic (exact) mass is 393 g/mol. The molecule has 0 spiro atoms. The van der Waals surface area contributed by atoms with E-state index in [-0.39, 0.29) is 17.4 Å². The molecular formula is C23H27N3O3. The first-order chi connectivity index (χ1) is 13.6. The topological polar surface area (TPSA) is 94.2 Å². The minimum absolute atomic E-state index is 0.173. The Bertz CT molecular complexity index is 1060. The molecule has 2 aromatic carbocycles. The standard InChI is InChI=1S/C23H27N3O3/c1-13-6-11-18-17(12-13)14(2)19(24-18)22(28)25-20(23(3,4)5)15-7-9-16(10-8-15)21(27)26-29/h6-12,20,24,29H,1-5H3,(H,25,28)(H,26,27). The van der Waals surface area contributed by atoms with Crippen LogP contribution in [0.25, 0.3) is 10.9 Å². The van der Waals surface area contributed by atoms with Gasteiger partial charge in [-0.3, -0.25) is 14.8 Å². The van der Waals surface area contributed by atoms with Crippen molar-refractivity contribution in [2.45, 2.75) is 40.7 Å². The van der Waals surface area contributed by atoms with E-state index in [1.165, 1.54) is 0 Å². The normalized spacial score (nSPS) is 12.6. The highest BCUT2D eigenvalue weighted by Crippen LogP contribution is 2.33. The number of hydroxylamine groups is 1. The molecule has 0 fully saturated rings. The number of hydrogen-bond acceptors (Lipinski definition) is 3. The number of aromatic nitrogens is 1. The number of carbonyl (C=O) groups excluding carboxylic acids is 2. The van der Waals surface area contributed by atoms with Crippen molar-refractivity contribution < 1.29 is 14.8 Å². The van der Waals surface area contributed by atoms with Crippen molar-refractivity contribution in [3.8, 4) is 0 Å². The lowest BCUT2D eigenvalue weighted by Crippen LogP contribution is -2.37. The predicted molar refractivity (Wildman–Crippen MR) is 113 cm³/mol. The molecule has 0 saturated carbocycles. The minimum atomic E-state index is -0.572. The SMILES string of the molecule is Cc1ccc2[nH]c(C(=O)NC(c3ccc(C(=O)NO)cc3)C(C)(C)C)c(C)c2c1. The molecule has 0 bridgehead atoms. The molecule has 6 nitrogen and oxygen atoms in total. The number of carbonyl (C=O) groups is 2. The van der Waals surface area contributed by atoms with Gasteiger partial charge in [0.15, 0.2) is 0 Å². The average molecular weight is 393 g/mol. The van der Waals surface area contributed by atoms with Gasteiger partial charge in [0.25, 0.3) is 11.8 Å². The van der Waals surface area contributed by atoms with E-state index < -0.39 is 5.91 Å². The Balaban J connectivity index is 1.92. The highest BCUT2D eigenvalue weighted by atomic mass is 16.5. The maximum atomic E-state index is 13.1. The van der Waals surface area contributed by atoms with Gasteiger partial charge >= 0.3 is 0 Å². The summed E-state index contributed by atoms with van der Waals surface area (Å²) in [5.74, 6) is -0.745. The van der Waals surface area contributed by atoms with E-state index in [9.17, 15) is 9.59 Å². The third kappa shape index (κ3) is 4.17. The van der Waals surface area contributed by atoms with Crippen LogP contribution in [-0.2, 0) is 0 Å². The highest BCUT2D eigenvalue weighted by Gasteiger charge is 2.29. The second-order valence-corrected chi connectivity index (χ2v) is 8.51. The fraction of sp³-hybridized carbons (Fsp3) is 0.304. The van der Waals surface area contributed by atoms with E-state index in [1.54, 1.807) is 29.7 Å². The van der Waals surface area contributed by atoms with Crippen molar-refractivity contribution in [3.05, 3.63) is 70.4 Å². The quantitative estimate of drug-likeness (QED) is 0.390. The minimum Gasteiger partial charge on any atom is -0.350 e. The van der Waals surface area contributed by atoms with Crippen molar-refractivity contribution in [1.82, 2.24) is 15.8 Å². The van der Waals surface area contributed by atoms with Crippen LogP contribution < -0.4 is 10.8 Å². The van der Waals surface area contributed by atoms with E-state index in [0.29, 0.717) is 11.3 Å². The summed E-state index contributed by atoms with van der Waals surface area (Å²) in [4.78, 5) is 27.9. The Morgan fingerprint density at radius 1 is 1.00 bits per heavy atom. The third-order valence-corrected chi connectivity index (χ3v) is 5.19. The molecule has 1 unspecified atom stereocenters. The van der Waals surface area contributed by atoms with Crippen LogP contribution in [0.4, 0.5) is 0 Å². The number of amides is 2.